The fourth-order valence-electron chi connectivity index (χ4n) is 2.64. The minimum absolute atomic E-state index is 0.0703. The van der Waals surface area contributed by atoms with E-state index in [2.05, 4.69) is 10.2 Å². The van der Waals surface area contributed by atoms with Gasteiger partial charge in [-0.1, -0.05) is 0 Å². The summed E-state index contributed by atoms with van der Waals surface area (Å²) in [5.74, 6) is -4.91. The van der Waals surface area contributed by atoms with Gasteiger partial charge in [-0.2, -0.15) is 0 Å². The van der Waals surface area contributed by atoms with E-state index in [0.717, 1.165) is 42.5 Å². The second-order valence-electron chi connectivity index (χ2n) is 6.95. The lowest BCUT2D eigenvalue weighted by Crippen LogP contribution is -2.43. The minimum Gasteiger partial charge on any atom is -0.480 e. The summed E-state index contributed by atoms with van der Waals surface area (Å²) in [7, 11) is 0. The van der Waals surface area contributed by atoms with Gasteiger partial charge in [-0.05, 0) is 0 Å². The molecule has 0 saturated carbocycles. The summed E-state index contributed by atoms with van der Waals surface area (Å²) in [6.07, 6.45) is 0. The minimum atomic E-state index is -1.23. The molecule has 0 aromatic heterocycles. The van der Waals surface area contributed by atoms with Gasteiger partial charge < -0.3 is 42.9 Å². The highest BCUT2D eigenvalue weighted by Gasteiger charge is 2.18. The Labute approximate surface area is 193 Å². The third-order valence-electron chi connectivity index (χ3n) is 3.98. The molecule has 0 amide bonds. The number of nitrogens with one attached hydrogen (secondary N) is 1. The van der Waals surface area contributed by atoms with Crippen LogP contribution in [0.5, 0.6) is 0 Å². The number of nitrogens with two attached hydrogens (primary N) is 3. The molecule has 0 rings (SSSR count). The molecular formula is C18H39N7O8. The molecule has 0 atom stereocenters. The van der Waals surface area contributed by atoms with E-state index >= 15 is 0 Å². The maximum atomic E-state index is 10.6. The molecule has 15 nitrogen and oxygen atoms in total. The van der Waals surface area contributed by atoms with Crippen molar-refractivity contribution in [2.45, 2.75) is 0 Å². The van der Waals surface area contributed by atoms with Crippen molar-refractivity contribution in [3.63, 3.8) is 0 Å². The Bertz CT molecular complexity index is 494. The van der Waals surface area contributed by atoms with Crippen LogP contribution in [0, 0.1) is 0 Å². The number of carboxylic acids is 4. The lowest BCUT2D eigenvalue weighted by Gasteiger charge is -2.23. The van der Waals surface area contributed by atoms with Gasteiger partial charge in [0.25, 0.3) is 0 Å². The van der Waals surface area contributed by atoms with E-state index in [9.17, 15) is 19.2 Å². The third-order valence-corrected chi connectivity index (χ3v) is 3.98. The molecule has 33 heavy (non-hydrogen) atoms. The largest absolute Gasteiger partial charge is 0.480 e. The fourth-order valence-corrected chi connectivity index (χ4v) is 2.64. The molecule has 0 aliphatic carbocycles. The summed E-state index contributed by atoms with van der Waals surface area (Å²) in [5, 5.41) is 37.7. The molecule has 0 bridgehead atoms. The van der Waals surface area contributed by atoms with E-state index in [1.165, 1.54) is 0 Å². The topological polar surface area (TPSA) is 249 Å². The fraction of sp³-hybridized carbons (Fsp3) is 0.778. The molecule has 0 unspecified atom stereocenters. The summed E-state index contributed by atoms with van der Waals surface area (Å²) in [5.41, 5.74) is 16.3. The third kappa shape index (κ3) is 24.1. The zero-order valence-electron chi connectivity index (χ0n) is 18.9. The van der Waals surface area contributed by atoms with E-state index in [0.29, 0.717) is 19.6 Å². The molecule has 194 valence electrons. The average Bonchev–Trinajstić information content (AvgIpc) is 2.68. The Morgan fingerprint density at radius 1 is 0.515 bits per heavy atom. The lowest BCUT2D eigenvalue weighted by atomic mass is 10.4. The van der Waals surface area contributed by atoms with Gasteiger partial charge in [-0.25, -0.2) is 0 Å². The van der Waals surface area contributed by atoms with Crippen LogP contribution in [0.1, 0.15) is 0 Å². The molecule has 0 aromatic carbocycles. The van der Waals surface area contributed by atoms with Gasteiger partial charge in [-0.3, -0.25) is 33.9 Å². The van der Waals surface area contributed by atoms with E-state index in [4.69, 9.17) is 37.6 Å². The Morgan fingerprint density at radius 2 is 0.879 bits per heavy atom. The second-order valence-corrected chi connectivity index (χ2v) is 6.95. The first-order valence-corrected chi connectivity index (χ1v) is 10.4. The summed E-state index contributed by atoms with van der Waals surface area (Å²) >= 11 is 0. The van der Waals surface area contributed by atoms with Crippen LogP contribution in [-0.2, 0) is 19.2 Å². The van der Waals surface area contributed by atoms with Crippen LogP contribution in [-0.4, -0.2) is 151 Å². The zero-order valence-corrected chi connectivity index (χ0v) is 18.9. The number of nitrogens with zero attached hydrogens (tertiary/aromatic N) is 3. The molecular weight excluding hydrogens is 442 g/mol. The van der Waals surface area contributed by atoms with Crippen molar-refractivity contribution in [3.05, 3.63) is 0 Å². The predicted octanol–water partition coefficient (Wildman–Crippen LogP) is -4.32. The van der Waals surface area contributed by atoms with Gasteiger partial charge in [0.2, 0.25) is 0 Å². The van der Waals surface area contributed by atoms with Gasteiger partial charge in [0, 0.05) is 65.4 Å². The molecule has 0 radical (unpaired) electrons. The van der Waals surface area contributed by atoms with Crippen molar-refractivity contribution in [2.75, 3.05) is 91.6 Å². The summed E-state index contributed by atoms with van der Waals surface area (Å²) in [6, 6.07) is 0. The SMILES string of the molecule is NCCNCCN(CCN)CCN.O=C(O)CN(CCN(CC(=O)O)CC(=O)O)CC(=O)O. The van der Waals surface area contributed by atoms with E-state index in [1.807, 2.05) is 0 Å². The van der Waals surface area contributed by atoms with Crippen molar-refractivity contribution >= 4 is 23.9 Å². The van der Waals surface area contributed by atoms with Gasteiger partial charge >= 0.3 is 23.9 Å². The smallest absolute Gasteiger partial charge is 0.317 e. The normalized spacial score (nSPS) is 10.8. The van der Waals surface area contributed by atoms with Crippen LogP contribution in [0.4, 0.5) is 0 Å². The van der Waals surface area contributed by atoms with Crippen molar-refractivity contribution in [1.82, 2.24) is 20.0 Å². The van der Waals surface area contributed by atoms with Crippen molar-refractivity contribution in [2.24, 2.45) is 17.2 Å². The molecule has 0 aliphatic rings. The number of hydrogen-bond acceptors (Lipinski definition) is 11. The maximum Gasteiger partial charge on any atom is 0.317 e. The Morgan fingerprint density at radius 3 is 1.15 bits per heavy atom. The van der Waals surface area contributed by atoms with E-state index < -0.39 is 50.1 Å². The van der Waals surface area contributed by atoms with Gasteiger partial charge in [0.05, 0.1) is 26.2 Å². The van der Waals surface area contributed by atoms with Crippen molar-refractivity contribution < 1.29 is 39.6 Å². The highest BCUT2D eigenvalue weighted by atomic mass is 16.4. The summed E-state index contributed by atoms with van der Waals surface area (Å²) < 4.78 is 0. The number of rotatable bonds is 20. The first-order chi connectivity index (χ1) is 15.5. The standard InChI is InChI=1S/C10H16N2O8.C8H23N5/c13-7(14)3-11(4-8(15)16)1-2-12(5-9(17)18)6-10(19)20;9-1-4-12-5-8-13(6-2-10)7-3-11/h1-6H2,(H,13,14)(H,15,16)(H,17,18)(H,19,20);12H,1-11H2. The average molecular weight is 482 g/mol. The van der Waals surface area contributed by atoms with Crippen LogP contribution in [0.3, 0.4) is 0 Å². The zero-order chi connectivity index (χ0) is 25.6. The van der Waals surface area contributed by atoms with E-state index in [-0.39, 0.29) is 13.1 Å². The van der Waals surface area contributed by atoms with Crippen molar-refractivity contribution in [1.29, 1.82) is 0 Å². The Balaban J connectivity index is 0. The molecule has 0 aromatic rings. The lowest BCUT2D eigenvalue weighted by molar-refractivity contribution is -0.145. The molecule has 15 heteroatoms. The Kier molecular flexibility index (Phi) is 21.3. The van der Waals surface area contributed by atoms with Crippen LogP contribution in [0.25, 0.3) is 0 Å². The first-order valence-electron chi connectivity index (χ1n) is 10.4. The molecule has 0 aliphatic heterocycles. The van der Waals surface area contributed by atoms with E-state index in [1.54, 1.807) is 0 Å². The van der Waals surface area contributed by atoms with Crippen LogP contribution in [0.2, 0.25) is 0 Å². The first kappa shape index (κ1) is 32.8. The molecule has 11 N–H and O–H groups in total. The maximum absolute atomic E-state index is 10.6. The van der Waals surface area contributed by atoms with Crippen molar-refractivity contribution in [3.8, 4) is 0 Å². The molecule has 0 spiro atoms. The molecule has 0 fully saturated rings. The number of carboxylic acid groups (broad SMARTS) is 4. The molecule has 0 saturated heterocycles. The van der Waals surface area contributed by atoms with Gasteiger partial charge in [0.15, 0.2) is 0 Å². The van der Waals surface area contributed by atoms with Crippen LogP contribution in [0.15, 0.2) is 0 Å². The Hall–Kier alpha value is -2.40. The summed E-state index contributed by atoms with van der Waals surface area (Å²) in [6.45, 7) is 4.48. The van der Waals surface area contributed by atoms with Gasteiger partial charge in [-0.15, -0.1) is 0 Å². The number of hydrogen-bond donors (Lipinski definition) is 8. The second kappa shape index (κ2) is 21.4. The van der Waals surface area contributed by atoms with Crippen LogP contribution >= 0.6 is 0 Å². The highest BCUT2D eigenvalue weighted by molar-refractivity contribution is 5.73. The monoisotopic (exact) mass is 481 g/mol. The van der Waals surface area contributed by atoms with Gasteiger partial charge in [0.1, 0.15) is 0 Å². The number of carbonyl (C=O) groups is 4. The number of aliphatic carboxylic acids is 4. The molecule has 0 heterocycles. The quantitative estimate of drug-likeness (QED) is 0.0765. The highest BCUT2D eigenvalue weighted by Crippen LogP contribution is 1.94. The summed E-state index contributed by atoms with van der Waals surface area (Å²) in [4.78, 5) is 46.6. The van der Waals surface area contributed by atoms with Crippen LogP contribution < -0.4 is 22.5 Å². The predicted molar refractivity (Wildman–Crippen MR) is 120 cm³/mol.